The van der Waals surface area contributed by atoms with Crippen molar-refractivity contribution in [1.82, 2.24) is 9.38 Å². The molecule has 0 saturated heterocycles. The lowest BCUT2D eigenvalue weighted by Gasteiger charge is -2.23. The predicted molar refractivity (Wildman–Crippen MR) is 182 cm³/mol. The van der Waals surface area contributed by atoms with Crippen LogP contribution in [0.4, 0.5) is 0 Å². The number of hydrogen-bond donors (Lipinski definition) is 0. The maximum absolute atomic E-state index is 5.35. The number of nitrogens with zero attached hydrogens (tertiary/aromatic N) is 2. The van der Waals surface area contributed by atoms with Crippen LogP contribution in [0, 0.1) is 0 Å². The topological polar surface area (TPSA) is 17.3 Å². The molecule has 1 unspecified atom stereocenters. The molecule has 8 aromatic rings. The molecule has 2 nitrogen and oxygen atoms in total. The third-order valence-corrected chi connectivity index (χ3v) is 11.3. The molecule has 1 atom stereocenters. The third kappa shape index (κ3) is 3.59. The van der Waals surface area contributed by atoms with E-state index in [1.54, 1.807) is 0 Å². The molecule has 0 fully saturated rings. The van der Waals surface area contributed by atoms with Crippen molar-refractivity contribution in [2.45, 2.75) is 12.8 Å². The molecule has 2 heterocycles. The van der Waals surface area contributed by atoms with Gasteiger partial charge in [-0.2, -0.15) is 0 Å². The fraction of sp³-hybridized carbons (Fsp3) is 0.0513. The van der Waals surface area contributed by atoms with Gasteiger partial charge < -0.3 is 0 Å². The fourth-order valence-electron chi connectivity index (χ4n) is 6.81. The molecular weight excluding hydrogens is 527 g/mol. The average molecular weight is 555 g/mol. The Hall–Kier alpha value is -4.78. The SMILES string of the molecule is C1=CCCC(P(c2ccccc2)c2ccc3nc4c5c6ccccc6ccc5c5cc6ccccc6cc5n4c3c2)=C1. The van der Waals surface area contributed by atoms with E-state index in [2.05, 4.69) is 144 Å². The number of hydrogen-bond acceptors (Lipinski definition) is 1. The Kier molecular flexibility index (Phi) is 5.33. The van der Waals surface area contributed by atoms with Crippen molar-refractivity contribution >= 4 is 78.4 Å². The quantitative estimate of drug-likeness (QED) is 0.121. The highest BCUT2D eigenvalue weighted by Gasteiger charge is 2.22. The Morgan fingerprint density at radius 2 is 1.38 bits per heavy atom. The average Bonchev–Trinajstić information content (AvgIpc) is 3.44. The van der Waals surface area contributed by atoms with E-state index in [0.29, 0.717) is 0 Å². The number of fused-ring (bicyclic) bond motifs is 11. The highest BCUT2D eigenvalue weighted by Crippen LogP contribution is 2.47. The molecule has 198 valence electrons. The lowest BCUT2D eigenvalue weighted by molar-refractivity contribution is 1.02. The number of pyridine rings is 1. The number of aromatic nitrogens is 2. The number of allylic oxidation sites excluding steroid dienone is 4. The first-order valence-electron chi connectivity index (χ1n) is 14.6. The molecule has 0 radical (unpaired) electrons. The summed E-state index contributed by atoms with van der Waals surface area (Å²) >= 11 is 0. The molecule has 9 rings (SSSR count). The van der Waals surface area contributed by atoms with Crippen LogP contribution in [0.15, 0.2) is 145 Å². The van der Waals surface area contributed by atoms with Crippen molar-refractivity contribution in [2.75, 3.05) is 0 Å². The molecule has 2 aromatic heterocycles. The van der Waals surface area contributed by atoms with Crippen molar-refractivity contribution < 1.29 is 0 Å². The van der Waals surface area contributed by atoms with E-state index in [1.807, 2.05) is 0 Å². The van der Waals surface area contributed by atoms with Crippen molar-refractivity contribution in [2.24, 2.45) is 0 Å². The van der Waals surface area contributed by atoms with Gasteiger partial charge in [-0.3, -0.25) is 4.40 Å². The van der Waals surface area contributed by atoms with Crippen LogP contribution < -0.4 is 10.6 Å². The van der Waals surface area contributed by atoms with Crippen molar-refractivity contribution in [3.8, 4) is 0 Å². The standard InChI is InChI=1S/C39H27N2P/c1-3-14-29(15-4-1)42(30-16-5-2-6-17-30)31-20-22-35-37(25-31)41-36-24-28-13-8-7-12-27(28)23-34(36)33-21-19-26-11-9-10-18-32(26)38(33)39(41)40-35/h1-5,7-16,18-25H,6,17H2. The fourth-order valence-corrected chi connectivity index (χ4v) is 9.31. The zero-order valence-corrected chi connectivity index (χ0v) is 23.9. The third-order valence-electron chi connectivity index (χ3n) is 8.74. The van der Waals surface area contributed by atoms with Crippen LogP contribution in [0.1, 0.15) is 12.8 Å². The summed E-state index contributed by atoms with van der Waals surface area (Å²) in [6.07, 6.45) is 9.07. The van der Waals surface area contributed by atoms with E-state index in [0.717, 1.165) is 24.0 Å². The molecule has 3 heteroatoms. The first-order chi connectivity index (χ1) is 20.8. The highest BCUT2D eigenvalue weighted by molar-refractivity contribution is 7.76. The Labute approximate surface area is 245 Å². The second-order valence-corrected chi connectivity index (χ2v) is 13.4. The summed E-state index contributed by atoms with van der Waals surface area (Å²) in [7, 11) is -0.644. The van der Waals surface area contributed by atoms with Crippen LogP contribution in [-0.2, 0) is 0 Å². The Morgan fingerprint density at radius 3 is 2.21 bits per heavy atom. The molecule has 1 aliphatic rings. The number of rotatable bonds is 3. The minimum Gasteiger partial charge on any atom is -0.292 e. The monoisotopic (exact) mass is 554 g/mol. The van der Waals surface area contributed by atoms with Crippen molar-refractivity contribution in [1.29, 1.82) is 0 Å². The summed E-state index contributed by atoms with van der Waals surface area (Å²) < 4.78 is 2.43. The molecule has 1 aliphatic carbocycles. The van der Waals surface area contributed by atoms with Gasteiger partial charge in [0.2, 0.25) is 0 Å². The largest absolute Gasteiger partial charge is 0.292 e. The zero-order chi connectivity index (χ0) is 27.6. The molecule has 0 bridgehead atoms. The van der Waals surface area contributed by atoms with E-state index in [-0.39, 0.29) is 0 Å². The maximum atomic E-state index is 5.35. The van der Waals surface area contributed by atoms with Gasteiger partial charge >= 0.3 is 0 Å². The van der Waals surface area contributed by atoms with Crippen LogP contribution in [-0.4, -0.2) is 9.38 Å². The minimum atomic E-state index is -0.644. The molecule has 0 aliphatic heterocycles. The van der Waals surface area contributed by atoms with E-state index in [9.17, 15) is 0 Å². The van der Waals surface area contributed by atoms with Gasteiger partial charge in [0.25, 0.3) is 0 Å². The maximum Gasteiger partial charge on any atom is 0.147 e. The van der Waals surface area contributed by atoms with E-state index in [4.69, 9.17) is 4.98 Å². The van der Waals surface area contributed by atoms with Crippen LogP contribution in [0.3, 0.4) is 0 Å². The molecule has 0 amide bonds. The Balaban J connectivity index is 1.44. The smallest absolute Gasteiger partial charge is 0.147 e. The van der Waals surface area contributed by atoms with Crippen LogP contribution in [0.5, 0.6) is 0 Å². The second kappa shape index (κ2) is 9.38. The summed E-state index contributed by atoms with van der Waals surface area (Å²) in [6.45, 7) is 0. The first-order valence-corrected chi connectivity index (χ1v) is 16.0. The lowest BCUT2D eigenvalue weighted by Crippen LogP contribution is -2.13. The zero-order valence-electron chi connectivity index (χ0n) is 23.0. The summed E-state index contributed by atoms with van der Waals surface area (Å²) in [5, 5.41) is 13.0. The second-order valence-electron chi connectivity index (χ2n) is 11.2. The van der Waals surface area contributed by atoms with E-state index < -0.39 is 7.92 Å². The van der Waals surface area contributed by atoms with Gasteiger partial charge in [-0.15, -0.1) is 0 Å². The van der Waals surface area contributed by atoms with Crippen LogP contribution in [0.2, 0.25) is 0 Å². The minimum absolute atomic E-state index is 0.644. The van der Waals surface area contributed by atoms with Gasteiger partial charge in [-0.1, -0.05) is 115 Å². The van der Waals surface area contributed by atoms with Crippen LogP contribution >= 0.6 is 7.92 Å². The van der Waals surface area contributed by atoms with Gasteiger partial charge in [-0.05, 0) is 87.9 Å². The van der Waals surface area contributed by atoms with Gasteiger partial charge in [0.15, 0.2) is 0 Å². The molecule has 6 aromatic carbocycles. The lowest BCUT2D eigenvalue weighted by atomic mass is 9.98. The molecule has 0 saturated carbocycles. The summed E-state index contributed by atoms with van der Waals surface area (Å²) in [6, 6.07) is 44.7. The Bertz CT molecular complexity index is 2410. The van der Waals surface area contributed by atoms with Gasteiger partial charge in [0.1, 0.15) is 5.65 Å². The summed E-state index contributed by atoms with van der Waals surface area (Å²) in [4.78, 5) is 5.35. The van der Waals surface area contributed by atoms with Crippen LogP contribution in [0.25, 0.3) is 59.9 Å². The highest BCUT2D eigenvalue weighted by atomic mass is 31.1. The number of benzene rings is 6. The van der Waals surface area contributed by atoms with Crippen molar-refractivity contribution in [3.63, 3.8) is 0 Å². The normalized spacial score (nSPS) is 14.4. The molecule has 0 N–H and O–H groups in total. The summed E-state index contributed by atoms with van der Waals surface area (Å²) in [5.74, 6) is 0. The predicted octanol–water partition coefficient (Wildman–Crippen LogP) is 9.77. The number of imidazole rings is 1. The van der Waals surface area contributed by atoms with Crippen molar-refractivity contribution in [3.05, 3.63) is 145 Å². The van der Waals surface area contributed by atoms with Gasteiger partial charge in [-0.25, -0.2) is 4.98 Å². The first kappa shape index (κ1) is 23.9. The van der Waals surface area contributed by atoms with E-state index >= 15 is 0 Å². The van der Waals surface area contributed by atoms with Gasteiger partial charge in [0.05, 0.1) is 16.6 Å². The molecule has 42 heavy (non-hydrogen) atoms. The Morgan fingerprint density at radius 1 is 0.595 bits per heavy atom. The molecule has 0 spiro atoms. The summed E-state index contributed by atoms with van der Waals surface area (Å²) in [5.41, 5.74) is 4.44. The molecular formula is C39H27N2P. The van der Waals surface area contributed by atoms with E-state index in [1.165, 1.54) is 64.7 Å². The van der Waals surface area contributed by atoms with Gasteiger partial charge in [0, 0.05) is 10.8 Å².